The molecule has 7 nitrogen and oxygen atoms in total. The molecule has 0 spiro atoms. The average molecular weight is 449 g/mol. The SMILES string of the molecule is COc1ccc(C=CC(=O)NC(C)C(=O)OC(C)C(=O)Nc2ccc(F)c(Cl)c2)cc1. The summed E-state index contributed by atoms with van der Waals surface area (Å²) in [5.41, 5.74) is 1.03. The first-order chi connectivity index (χ1) is 14.7. The fourth-order valence-electron chi connectivity index (χ4n) is 2.35. The molecule has 0 aliphatic heterocycles. The van der Waals surface area contributed by atoms with Gasteiger partial charge in [-0.2, -0.15) is 0 Å². The highest BCUT2D eigenvalue weighted by Crippen LogP contribution is 2.19. The summed E-state index contributed by atoms with van der Waals surface area (Å²) in [6.45, 7) is 2.81. The van der Waals surface area contributed by atoms with Crippen molar-refractivity contribution in [2.45, 2.75) is 26.0 Å². The lowest BCUT2D eigenvalue weighted by Gasteiger charge is -2.17. The highest BCUT2D eigenvalue weighted by atomic mass is 35.5. The van der Waals surface area contributed by atoms with Crippen LogP contribution >= 0.6 is 11.6 Å². The third-order valence-corrected chi connectivity index (χ3v) is 4.39. The number of anilines is 1. The quantitative estimate of drug-likeness (QED) is 0.475. The maximum atomic E-state index is 13.2. The summed E-state index contributed by atoms with van der Waals surface area (Å²) in [7, 11) is 1.56. The number of hydrogen-bond donors (Lipinski definition) is 2. The van der Waals surface area contributed by atoms with E-state index in [2.05, 4.69) is 10.6 Å². The van der Waals surface area contributed by atoms with Crippen LogP contribution in [0.3, 0.4) is 0 Å². The summed E-state index contributed by atoms with van der Waals surface area (Å²) < 4.78 is 23.3. The number of ether oxygens (including phenoxy) is 2. The smallest absolute Gasteiger partial charge is 0.329 e. The molecule has 0 aliphatic rings. The molecule has 31 heavy (non-hydrogen) atoms. The van der Waals surface area contributed by atoms with E-state index >= 15 is 0 Å². The molecule has 2 aromatic rings. The summed E-state index contributed by atoms with van der Waals surface area (Å²) >= 11 is 5.67. The largest absolute Gasteiger partial charge is 0.497 e. The van der Waals surface area contributed by atoms with Crippen LogP contribution in [0.5, 0.6) is 5.75 Å². The van der Waals surface area contributed by atoms with Gasteiger partial charge in [-0.1, -0.05) is 23.7 Å². The van der Waals surface area contributed by atoms with Crippen LogP contribution in [0.1, 0.15) is 19.4 Å². The number of carbonyl (C=O) groups excluding carboxylic acids is 3. The fraction of sp³-hybridized carbons (Fsp3) is 0.227. The molecular weight excluding hydrogens is 427 g/mol. The van der Waals surface area contributed by atoms with Crippen LogP contribution in [-0.2, 0) is 19.1 Å². The maximum absolute atomic E-state index is 13.2. The van der Waals surface area contributed by atoms with Crippen LogP contribution in [0.2, 0.25) is 5.02 Å². The second-order valence-electron chi connectivity index (χ2n) is 6.53. The third-order valence-electron chi connectivity index (χ3n) is 4.10. The van der Waals surface area contributed by atoms with E-state index in [0.29, 0.717) is 5.75 Å². The summed E-state index contributed by atoms with van der Waals surface area (Å²) in [5.74, 6) is -1.85. The van der Waals surface area contributed by atoms with Gasteiger partial charge in [0.25, 0.3) is 5.91 Å². The molecule has 164 valence electrons. The lowest BCUT2D eigenvalue weighted by molar-refractivity contribution is -0.155. The Hall–Kier alpha value is -3.39. The first-order valence-corrected chi connectivity index (χ1v) is 9.66. The minimum Gasteiger partial charge on any atom is -0.497 e. The van der Waals surface area contributed by atoms with Gasteiger partial charge in [0.15, 0.2) is 6.10 Å². The molecule has 2 amide bonds. The summed E-state index contributed by atoms with van der Waals surface area (Å²) in [6.07, 6.45) is 1.71. The number of carbonyl (C=O) groups is 3. The Labute approximate surface area is 184 Å². The molecule has 0 aliphatic carbocycles. The van der Waals surface area contributed by atoms with Gasteiger partial charge in [0, 0.05) is 11.8 Å². The van der Waals surface area contributed by atoms with Crippen molar-refractivity contribution in [2.24, 2.45) is 0 Å². The number of esters is 1. The number of halogens is 2. The third kappa shape index (κ3) is 7.42. The van der Waals surface area contributed by atoms with Gasteiger partial charge in [-0.05, 0) is 55.8 Å². The molecule has 0 bridgehead atoms. The minimum absolute atomic E-state index is 0.151. The molecule has 0 heterocycles. The first-order valence-electron chi connectivity index (χ1n) is 9.28. The Morgan fingerprint density at radius 2 is 1.77 bits per heavy atom. The lowest BCUT2D eigenvalue weighted by atomic mass is 10.2. The van der Waals surface area contributed by atoms with Crippen LogP contribution in [0.25, 0.3) is 6.08 Å². The van der Waals surface area contributed by atoms with Gasteiger partial charge in [-0.3, -0.25) is 9.59 Å². The molecule has 2 atom stereocenters. The fourth-order valence-corrected chi connectivity index (χ4v) is 2.54. The van der Waals surface area contributed by atoms with Crippen molar-refractivity contribution in [1.29, 1.82) is 0 Å². The zero-order chi connectivity index (χ0) is 23.0. The molecule has 2 rings (SSSR count). The summed E-state index contributed by atoms with van der Waals surface area (Å²) in [6, 6.07) is 9.74. The van der Waals surface area contributed by atoms with E-state index in [-0.39, 0.29) is 10.7 Å². The van der Waals surface area contributed by atoms with Crippen LogP contribution < -0.4 is 15.4 Å². The number of benzene rings is 2. The van der Waals surface area contributed by atoms with E-state index in [1.165, 1.54) is 32.1 Å². The molecule has 0 aromatic heterocycles. The molecule has 2 unspecified atom stereocenters. The number of rotatable bonds is 8. The molecule has 0 saturated heterocycles. The standard InChI is InChI=1S/C22H22ClFN2O5/c1-13(25-20(27)11-6-15-4-8-17(30-3)9-5-15)22(29)31-14(2)21(28)26-16-7-10-19(24)18(23)12-16/h4-14H,1-3H3,(H,25,27)(H,26,28). The highest BCUT2D eigenvalue weighted by molar-refractivity contribution is 6.31. The Morgan fingerprint density at radius 1 is 1.10 bits per heavy atom. The highest BCUT2D eigenvalue weighted by Gasteiger charge is 2.23. The number of hydrogen-bond acceptors (Lipinski definition) is 5. The Balaban J connectivity index is 1.84. The normalized spacial score (nSPS) is 12.7. The Kier molecular flexibility index (Phi) is 8.57. The van der Waals surface area contributed by atoms with Crippen LogP contribution in [0.4, 0.5) is 10.1 Å². The van der Waals surface area contributed by atoms with Crippen LogP contribution in [-0.4, -0.2) is 37.0 Å². The van der Waals surface area contributed by atoms with Crippen molar-refractivity contribution in [3.8, 4) is 5.75 Å². The van der Waals surface area contributed by atoms with E-state index in [4.69, 9.17) is 21.1 Å². The van der Waals surface area contributed by atoms with Gasteiger partial charge >= 0.3 is 5.97 Å². The van der Waals surface area contributed by atoms with Crippen molar-refractivity contribution in [3.05, 3.63) is 64.9 Å². The summed E-state index contributed by atoms with van der Waals surface area (Å²) in [5, 5.41) is 4.78. The zero-order valence-corrected chi connectivity index (χ0v) is 17.9. The lowest BCUT2D eigenvalue weighted by Crippen LogP contribution is -2.41. The summed E-state index contributed by atoms with van der Waals surface area (Å²) in [4.78, 5) is 36.3. The number of amides is 2. The van der Waals surface area contributed by atoms with E-state index < -0.39 is 35.7 Å². The van der Waals surface area contributed by atoms with Gasteiger partial charge in [0.05, 0.1) is 12.1 Å². The van der Waals surface area contributed by atoms with E-state index in [1.54, 1.807) is 37.5 Å². The maximum Gasteiger partial charge on any atom is 0.329 e. The van der Waals surface area contributed by atoms with Gasteiger partial charge in [-0.15, -0.1) is 0 Å². The average Bonchev–Trinajstić information content (AvgIpc) is 2.75. The van der Waals surface area contributed by atoms with Crippen molar-refractivity contribution in [3.63, 3.8) is 0 Å². The molecule has 2 aromatic carbocycles. The predicted molar refractivity (Wildman–Crippen MR) is 115 cm³/mol. The van der Waals surface area contributed by atoms with E-state index in [1.807, 2.05) is 0 Å². The second kappa shape index (κ2) is 11.1. The van der Waals surface area contributed by atoms with Gasteiger partial charge < -0.3 is 20.1 Å². The molecule has 2 N–H and O–H groups in total. The topological polar surface area (TPSA) is 93.7 Å². The zero-order valence-electron chi connectivity index (χ0n) is 17.1. The predicted octanol–water partition coefficient (Wildman–Crippen LogP) is 3.58. The Morgan fingerprint density at radius 3 is 2.39 bits per heavy atom. The van der Waals surface area contributed by atoms with Crippen LogP contribution in [0.15, 0.2) is 48.5 Å². The first kappa shape index (κ1) is 23.9. The van der Waals surface area contributed by atoms with E-state index in [9.17, 15) is 18.8 Å². The second-order valence-corrected chi connectivity index (χ2v) is 6.94. The van der Waals surface area contributed by atoms with Crippen molar-refractivity contribution >= 4 is 41.1 Å². The van der Waals surface area contributed by atoms with Gasteiger partial charge in [0.1, 0.15) is 17.6 Å². The number of methoxy groups -OCH3 is 1. The van der Waals surface area contributed by atoms with Crippen molar-refractivity contribution in [2.75, 3.05) is 12.4 Å². The minimum atomic E-state index is -1.15. The monoisotopic (exact) mass is 448 g/mol. The molecular formula is C22H22ClFN2O5. The van der Waals surface area contributed by atoms with Gasteiger partial charge in [0.2, 0.25) is 5.91 Å². The molecule has 9 heteroatoms. The Bertz CT molecular complexity index is 978. The van der Waals surface area contributed by atoms with Crippen molar-refractivity contribution < 1.29 is 28.2 Å². The van der Waals surface area contributed by atoms with E-state index in [0.717, 1.165) is 11.6 Å². The van der Waals surface area contributed by atoms with Crippen molar-refractivity contribution in [1.82, 2.24) is 5.32 Å². The molecule has 0 saturated carbocycles. The van der Waals surface area contributed by atoms with Gasteiger partial charge in [-0.25, -0.2) is 9.18 Å². The number of nitrogens with one attached hydrogen (secondary N) is 2. The molecule has 0 fully saturated rings. The van der Waals surface area contributed by atoms with Crippen LogP contribution in [0, 0.1) is 5.82 Å². The molecule has 0 radical (unpaired) electrons.